The molecular formula is C20H21N3OS2. The van der Waals surface area contributed by atoms with Gasteiger partial charge in [0.05, 0.1) is 6.04 Å². The van der Waals surface area contributed by atoms with Crippen molar-refractivity contribution >= 4 is 35.3 Å². The van der Waals surface area contributed by atoms with Crippen molar-refractivity contribution in [3.63, 3.8) is 0 Å². The molecule has 0 aliphatic heterocycles. The van der Waals surface area contributed by atoms with Crippen molar-refractivity contribution in [2.75, 3.05) is 5.73 Å². The normalized spacial score (nSPS) is 11.9. The first-order valence-electron chi connectivity index (χ1n) is 8.47. The summed E-state index contributed by atoms with van der Waals surface area (Å²) in [6.07, 6.45) is 0.968. The second kappa shape index (κ2) is 7.85. The van der Waals surface area contributed by atoms with Crippen LogP contribution in [-0.4, -0.2) is 10.5 Å². The number of hydrogen-bond donors (Lipinski definition) is 2. The van der Waals surface area contributed by atoms with E-state index in [0.717, 1.165) is 17.7 Å². The summed E-state index contributed by atoms with van der Waals surface area (Å²) < 4.78 is 2.31. The monoisotopic (exact) mass is 383 g/mol. The number of nitrogens with one attached hydrogen (secondary N) is 1. The standard InChI is InChI=1S/C20H21N3OS2/c1-3-14-9-11-16(12-10-14)23-18(21)17(26-20(23)25)19(24)22-13(2)15-7-5-4-6-8-15/h4-13H,3,21H2,1-2H3,(H,22,24). The summed E-state index contributed by atoms with van der Waals surface area (Å²) in [7, 11) is 0. The molecule has 3 rings (SSSR count). The van der Waals surface area contributed by atoms with Crippen LogP contribution in [-0.2, 0) is 6.42 Å². The molecule has 3 aromatic rings. The van der Waals surface area contributed by atoms with Gasteiger partial charge in [-0.05, 0) is 48.8 Å². The van der Waals surface area contributed by atoms with Crippen LogP contribution in [0.5, 0.6) is 0 Å². The summed E-state index contributed by atoms with van der Waals surface area (Å²) >= 11 is 6.68. The topological polar surface area (TPSA) is 60.0 Å². The maximum absolute atomic E-state index is 12.7. The fourth-order valence-corrected chi connectivity index (χ4v) is 4.03. The van der Waals surface area contributed by atoms with Gasteiger partial charge in [-0.2, -0.15) is 0 Å². The van der Waals surface area contributed by atoms with E-state index in [2.05, 4.69) is 12.2 Å². The zero-order valence-electron chi connectivity index (χ0n) is 14.7. The highest BCUT2D eigenvalue weighted by Gasteiger charge is 2.20. The number of hydrogen-bond acceptors (Lipinski definition) is 4. The molecule has 0 saturated heterocycles. The average molecular weight is 384 g/mol. The summed E-state index contributed by atoms with van der Waals surface area (Å²) in [5.74, 6) is 0.167. The van der Waals surface area contributed by atoms with Gasteiger partial charge in [-0.25, -0.2) is 0 Å². The minimum Gasteiger partial charge on any atom is -0.383 e. The number of thiazole rings is 1. The number of rotatable bonds is 5. The second-order valence-electron chi connectivity index (χ2n) is 6.04. The molecular weight excluding hydrogens is 362 g/mol. The third-order valence-corrected chi connectivity index (χ3v) is 5.69. The quantitative estimate of drug-likeness (QED) is 0.616. The Labute approximate surface area is 162 Å². The molecule has 0 saturated carbocycles. The van der Waals surface area contributed by atoms with Crippen molar-refractivity contribution in [1.82, 2.24) is 9.88 Å². The third-order valence-electron chi connectivity index (χ3n) is 4.30. The number of benzene rings is 2. The number of aromatic nitrogens is 1. The lowest BCUT2D eigenvalue weighted by atomic mass is 10.1. The van der Waals surface area contributed by atoms with E-state index < -0.39 is 0 Å². The van der Waals surface area contributed by atoms with E-state index >= 15 is 0 Å². The van der Waals surface area contributed by atoms with Gasteiger partial charge in [-0.15, -0.1) is 0 Å². The van der Waals surface area contributed by atoms with Crippen LogP contribution in [0.15, 0.2) is 54.6 Å². The van der Waals surface area contributed by atoms with Gasteiger partial charge in [0, 0.05) is 5.69 Å². The van der Waals surface area contributed by atoms with Gasteiger partial charge >= 0.3 is 0 Å². The Bertz CT molecular complexity index is 959. The Hall–Kier alpha value is -2.44. The summed E-state index contributed by atoms with van der Waals surface area (Å²) in [6, 6.07) is 17.8. The lowest BCUT2D eigenvalue weighted by molar-refractivity contribution is 0.0944. The Kier molecular flexibility index (Phi) is 5.54. The number of amides is 1. The Balaban J connectivity index is 1.87. The average Bonchev–Trinajstić information content (AvgIpc) is 2.97. The number of nitrogens with zero attached hydrogens (tertiary/aromatic N) is 1. The Morgan fingerprint density at radius 3 is 2.46 bits per heavy atom. The third kappa shape index (κ3) is 3.71. The Morgan fingerprint density at radius 1 is 1.19 bits per heavy atom. The van der Waals surface area contributed by atoms with E-state index in [1.54, 1.807) is 4.57 Å². The maximum atomic E-state index is 12.7. The van der Waals surface area contributed by atoms with Gasteiger partial charge in [0.25, 0.3) is 5.91 Å². The largest absolute Gasteiger partial charge is 0.383 e. The van der Waals surface area contributed by atoms with Gasteiger partial charge in [0.1, 0.15) is 10.7 Å². The minimum atomic E-state index is -0.209. The first-order valence-corrected chi connectivity index (χ1v) is 9.70. The number of carbonyl (C=O) groups is 1. The highest BCUT2D eigenvalue weighted by atomic mass is 32.1. The molecule has 0 fully saturated rings. The van der Waals surface area contributed by atoms with Gasteiger partial charge in [0.15, 0.2) is 3.95 Å². The van der Waals surface area contributed by atoms with Crippen LogP contribution in [0.3, 0.4) is 0 Å². The van der Waals surface area contributed by atoms with E-state index in [-0.39, 0.29) is 11.9 Å². The van der Waals surface area contributed by atoms with Crippen molar-refractivity contribution in [3.05, 3.63) is 74.6 Å². The number of aryl methyl sites for hydroxylation is 1. The van der Waals surface area contributed by atoms with E-state index in [0.29, 0.717) is 14.6 Å². The van der Waals surface area contributed by atoms with Crippen LogP contribution in [0, 0.1) is 3.95 Å². The molecule has 1 unspecified atom stereocenters. The highest BCUT2D eigenvalue weighted by Crippen LogP contribution is 2.27. The van der Waals surface area contributed by atoms with Gasteiger partial charge in [-0.3, -0.25) is 9.36 Å². The zero-order valence-corrected chi connectivity index (χ0v) is 16.4. The van der Waals surface area contributed by atoms with Crippen molar-refractivity contribution in [2.24, 2.45) is 0 Å². The van der Waals surface area contributed by atoms with Gasteiger partial charge in [-0.1, -0.05) is 60.7 Å². The van der Waals surface area contributed by atoms with Crippen molar-refractivity contribution in [1.29, 1.82) is 0 Å². The molecule has 3 N–H and O–H groups in total. The first-order chi connectivity index (χ1) is 12.5. The molecule has 134 valence electrons. The lowest BCUT2D eigenvalue weighted by Gasteiger charge is -2.14. The molecule has 6 heteroatoms. The molecule has 2 aromatic carbocycles. The van der Waals surface area contributed by atoms with Crippen LogP contribution < -0.4 is 11.1 Å². The fourth-order valence-electron chi connectivity index (χ4n) is 2.76. The number of anilines is 1. The molecule has 0 bridgehead atoms. The number of nitrogens with two attached hydrogens (primary N) is 1. The maximum Gasteiger partial charge on any atom is 0.265 e. The zero-order chi connectivity index (χ0) is 18.7. The van der Waals surface area contributed by atoms with Crippen LogP contribution in [0.1, 0.15) is 40.7 Å². The van der Waals surface area contributed by atoms with Crippen LogP contribution in [0.2, 0.25) is 0 Å². The minimum absolute atomic E-state index is 0.115. The van der Waals surface area contributed by atoms with Gasteiger partial charge < -0.3 is 11.1 Å². The van der Waals surface area contributed by atoms with Crippen molar-refractivity contribution < 1.29 is 4.79 Å². The second-order valence-corrected chi connectivity index (χ2v) is 7.69. The van der Waals surface area contributed by atoms with Crippen molar-refractivity contribution in [3.8, 4) is 5.69 Å². The molecule has 0 aliphatic rings. The SMILES string of the molecule is CCc1ccc(-n2c(N)c(C(=O)NC(C)c3ccccc3)sc2=S)cc1. The fraction of sp³-hybridized carbons (Fsp3) is 0.200. The summed E-state index contributed by atoms with van der Waals surface area (Å²) in [6.45, 7) is 4.05. The van der Waals surface area contributed by atoms with E-state index in [1.807, 2.05) is 61.5 Å². The van der Waals surface area contributed by atoms with Crippen LogP contribution >= 0.6 is 23.6 Å². The molecule has 0 radical (unpaired) electrons. The summed E-state index contributed by atoms with van der Waals surface area (Å²) in [4.78, 5) is 13.1. The number of carbonyl (C=O) groups excluding carboxylic acids is 1. The Morgan fingerprint density at radius 2 is 1.85 bits per heavy atom. The first kappa shape index (κ1) is 18.4. The highest BCUT2D eigenvalue weighted by molar-refractivity contribution is 7.73. The molecule has 1 aromatic heterocycles. The molecule has 0 spiro atoms. The smallest absolute Gasteiger partial charge is 0.265 e. The predicted molar refractivity (Wildman–Crippen MR) is 111 cm³/mol. The van der Waals surface area contributed by atoms with Crippen molar-refractivity contribution in [2.45, 2.75) is 26.3 Å². The summed E-state index contributed by atoms with van der Waals surface area (Å²) in [5, 5.41) is 3.00. The summed E-state index contributed by atoms with van der Waals surface area (Å²) in [5.41, 5.74) is 9.42. The van der Waals surface area contributed by atoms with Crippen LogP contribution in [0.4, 0.5) is 5.82 Å². The van der Waals surface area contributed by atoms with E-state index in [9.17, 15) is 4.79 Å². The molecule has 26 heavy (non-hydrogen) atoms. The van der Waals surface area contributed by atoms with Crippen LogP contribution in [0.25, 0.3) is 5.69 Å². The van der Waals surface area contributed by atoms with Gasteiger partial charge in [0.2, 0.25) is 0 Å². The van der Waals surface area contributed by atoms with E-state index in [4.69, 9.17) is 18.0 Å². The molecule has 1 atom stereocenters. The molecule has 1 amide bonds. The lowest BCUT2D eigenvalue weighted by Crippen LogP contribution is -2.26. The number of nitrogen functional groups attached to an aromatic ring is 1. The molecule has 1 heterocycles. The van der Waals surface area contributed by atoms with E-state index in [1.165, 1.54) is 16.9 Å². The molecule has 0 aliphatic carbocycles. The molecule has 4 nitrogen and oxygen atoms in total. The predicted octanol–water partition coefficient (Wildman–Crippen LogP) is 4.90.